The van der Waals surface area contributed by atoms with Crippen LogP contribution in [0.5, 0.6) is 0 Å². The van der Waals surface area contributed by atoms with Crippen LogP contribution < -0.4 is 10.6 Å². The van der Waals surface area contributed by atoms with Gasteiger partial charge in [-0.3, -0.25) is 9.79 Å². The quantitative estimate of drug-likeness (QED) is 0.283. The van der Waals surface area contributed by atoms with E-state index in [0.717, 1.165) is 18.4 Å². The lowest BCUT2D eigenvalue weighted by molar-refractivity contribution is -0.144. The number of carbonyl (C=O) groups is 1. The van der Waals surface area contributed by atoms with E-state index >= 15 is 0 Å². The molecule has 5 nitrogen and oxygen atoms in total. The molecular weight excluding hydrogens is 436 g/mol. The summed E-state index contributed by atoms with van der Waals surface area (Å²) in [5.41, 5.74) is 0.550. The maximum Gasteiger partial charge on any atom is 0.310 e. The minimum atomic E-state index is -0.264. The Morgan fingerprint density at radius 1 is 1.36 bits per heavy atom. The first-order valence-corrected chi connectivity index (χ1v) is 8.37. The molecule has 0 aromatic heterocycles. The summed E-state index contributed by atoms with van der Waals surface area (Å²) in [5, 5.41) is 6.30. The van der Waals surface area contributed by atoms with Crippen LogP contribution in [0, 0.1) is 11.7 Å². The molecule has 1 aliphatic rings. The zero-order valence-corrected chi connectivity index (χ0v) is 17.3. The molecule has 1 aliphatic carbocycles. The van der Waals surface area contributed by atoms with Crippen LogP contribution in [0.1, 0.15) is 32.3 Å². The Labute approximate surface area is 165 Å². The molecule has 1 aromatic rings. The monoisotopic (exact) mass is 463 g/mol. The number of nitrogens with zero attached hydrogens (tertiary/aromatic N) is 1. The molecule has 7 heteroatoms. The third kappa shape index (κ3) is 5.83. The van der Waals surface area contributed by atoms with Gasteiger partial charge in [-0.1, -0.05) is 25.1 Å². The fourth-order valence-corrected chi connectivity index (χ4v) is 2.66. The predicted octanol–water partition coefficient (Wildman–Crippen LogP) is 2.84. The summed E-state index contributed by atoms with van der Waals surface area (Å²) >= 11 is 0. The van der Waals surface area contributed by atoms with Gasteiger partial charge in [0.1, 0.15) is 5.82 Å². The van der Waals surface area contributed by atoms with E-state index in [1.165, 1.54) is 13.2 Å². The number of ether oxygens (including phenoxy) is 1. The molecule has 0 spiro atoms. The Morgan fingerprint density at radius 2 is 2.04 bits per heavy atom. The molecule has 1 aromatic carbocycles. The topological polar surface area (TPSA) is 62.7 Å². The normalized spacial score (nSPS) is 16.4. The van der Waals surface area contributed by atoms with Crippen molar-refractivity contribution >= 4 is 35.9 Å². The van der Waals surface area contributed by atoms with Crippen LogP contribution in [0.15, 0.2) is 29.3 Å². The molecule has 2 rings (SSSR count). The van der Waals surface area contributed by atoms with Crippen LogP contribution in [0.4, 0.5) is 4.39 Å². The van der Waals surface area contributed by atoms with E-state index in [4.69, 9.17) is 4.74 Å². The van der Waals surface area contributed by atoms with E-state index in [1.54, 1.807) is 13.0 Å². The largest absolute Gasteiger partial charge is 0.469 e. The lowest BCUT2D eigenvalue weighted by Crippen LogP contribution is -2.41. The van der Waals surface area contributed by atoms with E-state index in [-0.39, 0.29) is 47.1 Å². The van der Waals surface area contributed by atoms with Crippen molar-refractivity contribution in [3.63, 3.8) is 0 Å². The number of esters is 1. The van der Waals surface area contributed by atoms with Crippen molar-refractivity contribution in [1.82, 2.24) is 10.6 Å². The molecule has 0 radical (unpaired) electrons. The Hall–Kier alpha value is -1.38. The first-order chi connectivity index (χ1) is 11.5. The zero-order valence-electron chi connectivity index (χ0n) is 15.0. The Bertz CT molecular complexity index is 606. The van der Waals surface area contributed by atoms with Gasteiger partial charge in [-0.2, -0.15) is 0 Å². The molecule has 0 saturated heterocycles. The first kappa shape index (κ1) is 21.7. The van der Waals surface area contributed by atoms with Crippen molar-refractivity contribution in [3.05, 3.63) is 35.6 Å². The average molecular weight is 463 g/mol. The molecule has 1 unspecified atom stereocenters. The van der Waals surface area contributed by atoms with Crippen molar-refractivity contribution in [1.29, 1.82) is 0 Å². The van der Waals surface area contributed by atoms with Gasteiger partial charge in [-0.05, 0) is 31.4 Å². The van der Waals surface area contributed by atoms with Crippen LogP contribution in [0.3, 0.4) is 0 Å². The lowest BCUT2D eigenvalue weighted by atomic mass is 9.95. The number of halogens is 2. The highest BCUT2D eigenvalue weighted by atomic mass is 127. The number of guanidine groups is 1. The second-order valence-corrected chi connectivity index (χ2v) is 6.26. The Kier molecular flexibility index (Phi) is 8.61. The number of carbonyl (C=O) groups excluding carboxylic acids is 1. The van der Waals surface area contributed by atoms with Crippen molar-refractivity contribution in [2.75, 3.05) is 26.7 Å². The number of hydrogen-bond donors (Lipinski definition) is 2. The van der Waals surface area contributed by atoms with Crippen LogP contribution >= 0.6 is 24.0 Å². The summed E-state index contributed by atoms with van der Waals surface area (Å²) in [4.78, 5) is 16.1. The van der Waals surface area contributed by atoms with E-state index in [1.807, 2.05) is 19.1 Å². The summed E-state index contributed by atoms with van der Waals surface area (Å²) in [6.45, 7) is 5.45. The maximum absolute atomic E-state index is 14.0. The molecule has 0 amide bonds. The molecular formula is C18H27FIN3O2. The van der Waals surface area contributed by atoms with Gasteiger partial charge in [-0.25, -0.2) is 4.39 Å². The molecule has 25 heavy (non-hydrogen) atoms. The highest BCUT2D eigenvalue weighted by Crippen LogP contribution is 2.49. The van der Waals surface area contributed by atoms with Gasteiger partial charge in [-0.15, -0.1) is 24.0 Å². The maximum atomic E-state index is 14.0. The minimum absolute atomic E-state index is 0. The summed E-state index contributed by atoms with van der Waals surface area (Å²) in [6, 6.07) is 6.92. The molecule has 2 N–H and O–H groups in total. The van der Waals surface area contributed by atoms with Crippen molar-refractivity contribution < 1.29 is 13.9 Å². The summed E-state index contributed by atoms with van der Waals surface area (Å²) in [6.07, 6.45) is 1.88. The highest BCUT2D eigenvalue weighted by molar-refractivity contribution is 14.0. The van der Waals surface area contributed by atoms with Gasteiger partial charge in [0, 0.05) is 18.5 Å². The van der Waals surface area contributed by atoms with Gasteiger partial charge in [0.2, 0.25) is 0 Å². The number of benzene rings is 1. The van der Waals surface area contributed by atoms with Gasteiger partial charge in [0.15, 0.2) is 5.96 Å². The van der Waals surface area contributed by atoms with Crippen molar-refractivity contribution in [2.45, 2.75) is 32.1 Å². The molecule has 1 fully saturated rings. The summed E-state index contributed by atoms with van der Waals surface area (Å²) in [7, 11) is 1.38. The number of hydrogen-bond acceptors (Lipinski definition) is 3. The molecule has 0 bridgehead atoms. The molecule has 0 aliphatic heterocycles. The third-order valence-corrected chi connectivity index (χ3v) is 4.36. The van der Waals surface area contributed by atoms with Gasteiger partial charge < -0.3 is 15.4 Å². The Morgan fingerprint density at radius 3 is 2.60 bits per heavy atom. The van der Waals surface area contributed by atoms with E-state index < -0.39 is 0 Å². The van der Waals surface area contributed by atoms with Gasteiger partial charge in [0.25, 0.3) is 0 Å². The van der Waals surface area contributed by atoms with Crippen LogP contribution in [0.2, 0.25) is 0 Å². The smallest absolute Gasteiger partial charge is 0.310 e. The standard InChI is InChI=1S/C18H26FN3O2.HI/c1-4-20-17(21-11-13(2)16(23)24-3)22-12-18(9-10-18)14-7-5-6-8-15(14)19;/h5-8,13H,4,9-12H2,1-3H3,(H2,20,21,22);1H. The number of aliphatic imine (C=N–C) groups is 1. The van der Waals surface area contributed by atoms with Crippen LogP contribution in [-0.2, 0) is 14.9 Å². The SMILES string of the molecule is CCNC(=NCC1(c2ccccc2F)CC1)NCC(C)C(=O)OC.I. The second-order valence-electron chi connectivity index (χ2n) is 6.26. The van der Waals surface area contributed by atoms with Crippen molar-refractivity contribution in [3.8, 4) is 0 Å². The summed E-state index contributed by atoms with van der Waals surface area (Å²) < 4.78 is 18.8. The van der Waals surface area contributed by atoms with E-state index in [9.17, 15) is 9.18 Å². The van der Waals surface area contributed by atoms with Gasteiger partial charge in [0.05, 0.1) is 19.6 Å². The first-order valence-electron chi connectivity index (χ1n) is 8.37. The number of nitrogens with one attached hydrogen (secondary N) is 2. The van der Waals surface area contributed by atoms with Crippen molar-refractivity contribution in [2.24, 2.45) is 10.9 Å². The second kappa shape index (κ2) is 9.94. The fourth-order valence-electron chi connectivity index (χ4n) is 2.66. The number of methoxy groups -OCH3 is 1. The highest BCUT2D eigenvalue weighted by Gasteiger charge is 2.45. The Balaban J connectivity index is 0.00000312. The lowest BCUT2D eigenvalue weighted by Gasteiger charge is -2.17. The molecule has 1 saturated carbocycles. The van der Waals surface area contributed by atoms with E-state index in [0.29, 0.717) is 25.6 Å². The van der Waals surface area contributed by atoms with Gasteiger partial charge >= 0.3 is 5.97 Å². The third-order valence-electron chi connectivity index (χ3n) is 4.36. The molecule has 140 valence electrons. The predicted molar refractivity (Wildman–Crippen MR) is 108 cm³/mol. The molecule has 0 heterocycles. The van der Waals surface area contributed by atoms with Crippen LogP contribution in [-0.4, -0.2) is 38.7 Å². The summed E-state index contributed by atoms with van der Waals surface area (Å²) in [5.74, 6) is -0.0537. The fraction of sp³-hybridized carbons (Fsp3) is 0.556. The van der Waals surface area contributed by atoms with Crippen LogP contribution in [0.25, 0.3) is 0 Å². The van der Waals surface area contributed by atoms with E-state index in [2.05, 4.69) is 15.6 Å². The average Bonchev–Trinajstić information content (AvgIpc) is 3.37. The minimum Gasteiger partial charge on any atom is -0.469 e. The molecule has 1 atom stereocenters. The zero-order chi connectivity index (χ0) is 17.6. The number of rotatable bonds is 7.